The maximum absolute atomic E-state index is 12.7. The normalized spacial score (nSPS) is 23.4. The van der Waals surface area contributed by atoms with E-state index in [0.717, 1.165) is 19.4 Å². The van der Waals surface area contributed by atoms with Crippen LogP contribution in [-0.4, -0.2) is 23.4 Å². The van der Waals surface area contributed by atoms with E-state index in [1.54, 1.807) is 18.2 Å². The smallest absolute Gasteiger partial charge is 0.254 e. The summed E-state index contributed by atoms with van der Waals surface area (Å²) in [5.41, 5.74) is 13.4. The Kier molecular flexibility index (Phi) is 3.55. The lowest BCUT2D eigenvalue weighted by molar-refractivity contribution is 0.0689. The van der Waals surface area contributed by atoms with Crippen molar-refractivity contribution in [3.63, 3.8) is 0 Å². The van der Waals surface area contributed by atoms with E-state index in [2.05, 4.69) is 4.90 Å². The van der Waals surface area contributed by atoms with Gasteiger partial charge in [-0.2, -0.15) is 0 Å². The van der Waals surface area contributed by atoms with Gasteiger partial charge in [-0.1, -0.05) is 12.8 Å². The highest BCUT2D eigenvalue weighted by Crippen LogP contribution is 2.36. The van der Waals surface area contributed by atoms with Gasteiger partial charge in [-0.15, -0.1) is 0 Å². The number of amides is 1. The summed E-state index contributed by atoms with van der Waals surface area (Å²) in [7, 11) is 0. The minimum atomic E-state index is 0.0957. The molecule has 4 N–H and O–H groups in total. The number of benzene rings is 1. The highest BCUT2D eigenvalue weighted by molar-refractivity contribution is 5.96. The Labute approximate surface area is 120 Å². The first-order valence-electron chi connectivity index (χ1n) is 7.62. The molecule has 4 heteroatoms. The minimum absolute atomic E-state index is 0.0957. The second-order valence-corrected chi connectivity index (χ2v) is 6.14. The molecule has 0 bridgehead atoms. The van der Waals surface area contributed by atoms with Gasteiger partial charge in [-0.05, 0) is 49.8 Å². The quantitative estimate of drug-likeness (QED) is 0.814. The zero-order chi connectivity index (χ0) is 14.1. The number of carbonyl (C=O) groups is 1. The first kappa shape index (κ1) is 13.3. The Balaban J connectivity index is 1.81. The Morgan fingerprint density at radius 1 is 1.00 bits per heavy atom. The molecule has 1 aromatic rings. The molecule has 1 aliphatic carbocycles. The largest absolute Gasteiger partial charge is 0.399 e. The zero-order valence-corrected chi connectivity index (χ0v) is 11.8. The number of anilines is 2. The molecular formula is C16H23N3O. The summed E-state index contributed by atoms with van der Waals surface area (Å²) in [6.45, 7) is 0.870. The van der Waals surface area contributed by atoms with Crippen molar-refractivity contribution in [1.82, 2.24) is 4.90 Å². The molecule has 0 spiro atoms. The Hall–Kier alpha value is -1.71. The summed E-state index contributed by atoms with van der Waals surface area (Å²) in [5, 5.41) is 0. The van der Waals surface area contributed by atoms with E-state index in [1.165, 1.54) is 25.7 Å². The standard InChI is InChI=1S/C16H23N3O/c17-13-8-12(9-14(18)10-13)16(20)19-7-3-6-15(19)11-4-1-2-5-11/h8-11,15H,1-7,17-18H2. The SMILES string of the molecule is Nc1cc(N)cc(C(=O)N2CCCC2C2CCCC2)c1. The van der Waals surface area contributed by atoms with Gasteiger partial charge in [-0.25, -0.2) is 0 Å². The maximum Gasteiger partial charge on any atom is 0.254 e. The molecule has 0 aromatic heterocycles. The Morgan fingerprint density at radius 3 is 2.30 bits per heavy atom. The van der Waals surface area contributed by atoms with Crippen LogP contribution in [0.25, 0.3) is 0 Å². The van der Waals surface area contributed by atoms with Crippen molar-refractivity contribution in [3.05, 3.63) is 23.8 Å². The van der Waals surface area contributed by atoms with E-state index in [4.69, 9.17) is 11.5 Å². The highest BCUT2D eigenvalue weighted by atomic mass is 16.2. The number of carbonyl (C=O) groups excluding carboxylic acids is 1. The fraction of sp³-hybridized carbons (Fsp3) is 0.562. The summed E-state index contributed by atoms with van der Waals surface area (Å²) in [5.74, 6) is 0.790. The fourth-order valence-corrected chi connectivity index (χ4v) is 3.84. The number of hydrogen-bond donors (Lipinski definition) is 2. The van der Waals surface area contributed by atoms with E-state index in [0.29, 0.717) is 28.9 Å². The first-order chi connectivity index (χ1) is 9.65. The molecule has 20 heavy (non-hydrogen) atoms. The number of nitrogens with zero attached hydrogens (tertiary/aromatic N) is 1. The van der Waals surface area contributed by atoms with Gasteiger partial charge in [0.25, 0.3) is 5.91 Å². The lowest BCUT2D eigenvalue weighted by atomic mass is 9.95. The molecule has 1 unspecified atom stereocenters. The molecule has 0 radical (unpaired) electrons. The van der Waals surface area contributed by atoms with Gasteiger partial charge in [0.15, 0.2) is 0 Å². The van der Waals surface area contributed by atoms with E-state index in [9.17, 15) is 4.79 Å². The molecule has 2 aliphatic rings. The number of rotatable bonds is 2. The van der Waals surface area contributed by atoms with Crippen molar-refractivity contribution in [1.29, 1.82) is 0 Å². The van der Waals surface area contributed by atoms with Crippen LogP contribution in [0.1, 0.15) is 48.9 Å². The molecule has 3 rings (SSSR count). The van der Waals surface area contributed by atoms with Crippen LogP contribution in [-0.2, 0) is 0 Å². The summed E-state index contributed by atoms with van der Waals surface area (Å²) >= 11 is 0. The predicted molar refractivity (Wildman–Crippen MR) is 81.3 cm³/mol. The van der Waals surface area contributed by atoms with Crippen molar-refractivity contribution in [2.24, 2.45) is 5.92 Å². The molecule has 2 fully saturated rings. The number of hydrogen-bond acceptors (Lipinski definition) is 3. The molecule has 1 amide bonds. The van der Waals surface area contributed by atoms with Crippen molar-refractivity contribution in [3.8, 4) is 0 Å². The van der Waals surface area contributed by atoms with Crippen LogP contribution in [0.15, 0.2) is 18.2 Å². The van der Waals surface area contributed by atoms with E-state index >= 15 is 0 Å². The fourth-order valence-electron chi connectivity index (χ4n) is 3.84. The van der Waals surface area contributed by atoms with E-state index in [1.807, 2.05) is 0 Å². The molecule has 1 saturated carbocycles. The third-order valence-corrected chi connectivity index (χ3v) is 4.73. The molecule has 1 aromatic carbocycles. The van der Waals surface area contributed by atoms with Crippen LogP contribution in [0.2, 0.25) is 0 Å². The summed E-state index contributed by atoms with van der Waals surface area (Å²) < 4.78 is 0. The van der Waals surface area contributed by atoms with Crippen LogP contribution in [0.5, 0.6) is 0 Å². The second-order valence-electron chi connectivity index (χ2n) is 6.14. The number of nitrogen functional groups attached to an aromatic ring is 2. The molecule has 1 aliphatic heterocycles. The second kappa shape index (κ2) is 5.35. The van der Waals surface area contributed by atoms with Crippen molar-refractivity contribution < 1.29 is 4.79 Å². The summed E-state index contributed by atoms with van der Waals surface area (Å²) in [6, 6.07) is 5.59. The monoisotopic (exact) mass is 273 g/mol. The van der Waals surface area contributed by atoms with Gasteiger partial charge < -0.3 is 16.4 Å². The van der Waals surface area contributed by atoms with Gasteiger partial charge in [0.2, 0.25) is 0 Å². The Bertz CT molecular complexity index is 488. The number of likely N-dealkylation sites (tertiary alicyclic amines) is 1. The average Bonchev–Trinajstić information content (AvgIpc) is 3.07. The predicted octanol–water partition coefficient (Wildman–Crippen LogP) is 2.65. The van der Waals surface area contributed by atoms with Gasteiger partial charge in [0.1, 0.15) is 0 Å². The molecule has 4 nitrogen and oxygen atoms in total. The van der Waals surface area contributed by atoms with Gasteiger partial charge in [0, 0.05) is 29.5 Å². The van der Waals surface area contributed by atoms with Gasteiger partial charge in [0.05, 0.1) is 0 Å². The van der Waals surface area contributed by atoms with Crippen LogP contribution >= 0.6 is 0 Å². The zero-order valence-electron chi connectivity index (χ0n) is 11.8. The maximum atomic E-state index is 12.7. The lowest BCUT2D eigenvalue weighted by Gasteiger charge is -2.29. The Morgan fingerprint density at radius 2 is 1.65 bits per heavy atom. The van der Waals surface area contributed by atoms with Gasteiger partial charge in [-0.3, -0.25) is 4.79 Å². The molecule has 108 valence electrons. The molecular weight excluding hydrogens is 250 g/mol. The van der Waals surface area contributed by atoms with Crippen LogP contribution in [0, 0.1) is 5.92 Å². The van der Waals surface area contributed by atoms with Crippen molar-refractivity contribution in [2.45, 2.75) is 44.6 Å². The topological polar surface area (TPSA) is 72.3 Å². The van der Waals surface area contributed by atoms with Crippen molar-refractivity contribution >= 4 is 17.3 Å². The van der Waals surface area contributed by atoms with E-state index in [-0.39, 0.29) is 5.91 Å². The lowest BCUT2D eigenvalue weighted by Crippen LogP contribution is -2.39. The third-order valence-electron chi connectivity index (χ3n) is 4.73. The van der Waals surface area contributed by atoms with E-state index < -0.39 is 0 Å². The summed E-state index contributed by atoms with van der Waals surface area (Å²) in [6.07, 6.45) is 7.43. The number of nitrogens with two attached hydrogens (primary N) is 2. The summed E-state index contributed by atoms with van der Waals surface area (Å²) in [4.78, 5) is 14.8. The minimum Gasteiger partial charge on any atom is -0.399 e. The highest BCUT2D eigenvalue weighted by Gasteiger charge is 2.36. The average molecular weight is 273 g/mol. The molecule has 1 atom stereocenters. The van der Waals surface area contributed by atoms with Crippen LogP contribution in [0.4, 0.5) is 11.4 Å². The molecule has 1 heterocycles. The van der Waals surface area contributed by atoms with Crippen LogP contribution in [0.3, 0.4) is 0 Å². The van der Waals surface area contributed by atoms with Crippen molar-refractivity contribution in [2.75, 3.05) is 18.0 Å². The first-order valence-corrected chi connectivity index (χ1v) is 7.62. The van der Waals surface area contributed by atoms with Crippen LogP contribution < -0.4 is 11.5 Å². The molecule has 1 saturated heterocycles. The van der Waals surface area contributed by atoms with Gasteiger partial charge >= 0.3 is 0 Å². The third kappa shape index (κ3) is 2.47.